The fourth-order valence-corrected chi connectivity index (χ4v) is 4.43. The number of Topliss-reactive ketones (excluding diaryl/α,β-unsaturated/α-hetero) is 1. The van der Waals surface area contributed by atoms with E-state index in [-0.39, 0.29) is 22.8 Å². The highest BCUT2D eigenvalue weighted by atomic mass is 32.2. The average Bonchev–Trinajstić information content (AvgIpc) is 2.99. The van der Waals surface area contributed by atoms with Crippen LogP contribution < -0.4 is 0 Å². The standard InChI is InChI=1S/C15H27NO4S/c1-2-21(18,19)13-5-6-14(17)15(7-3-4-8-15)16-9-11-20-12-10-16/h2-13H2,1H3. The van der Waals surface area contributed by atoms with E-state index in [0.717, 1.165) is 38.8 Å². The molecule has 1 aliphatic carbocycles. The second-order valence-corrected chi connectivity index (χ2v) is 8.57. The molecule has 0 atom stereocenters. The van der Waals surface area contributed by atoms with Gasteiger partial charge in [-0.15, -0.1) is 0 Å². The van der Waals surface area contributed by atoms with E-state index in [1.165, 1.54) is 0 Å². The molecule has 0 aromatic rings. The van der Waals surface area contributed by atoms with Crippen molar-refractivity contribution >= 4 is 15.6 Å². The van der Waals surface area contributed by atoms with Crippen molar-refractivity contribution < 1.29 is 17.9 Å². The molecule has 21 heavy (non-hydrogen) atoms. The maximum absolute atomic E-state index is 12.8. The Hall–Kier alpha value is -0.460. The van der Waals surface area contributed by atoms with Gasteiger partial charge >= 0.3 is 0 Å². The molecule has 6 heteroatoms. The monoisotopic (exact) mass is 317 g/mol. The largest absolute Gasteiger partial charge is 0.379 e. The fourth-order valence-electron chi connectivity index (χ4n) is 3.55. The van der Waals surface area contributed by atoms with Crippen molar-refractivity contribution in [3.05, 3.63) is 0 Å². The lowest BCUT2D eigenvalue weighted by Crippen LogP contribution is -2.56. The second-order valence-electron chi connectivity index (χ2n) is 6.10. The van der Waals surface area contributed by atoms with Crippen molar-refractivity contribution in [2.24, 2.45) is 0 Å². The first kappa shape index (κ1) is 16.9. The molecule has 0 aromatic carbocycles. The summed E-state index contributed by atoms with van der Waals surface area (Å²) in [5, 5.41) is 0. The Balaban J connectivity index is 1.96. The third kappa shape index (κ3) is 4.05. The van der Waals surface area contributed by atoms with Gasteiger partial charge in [0.25, 0.3) is 0 Å². The highest BCUT2D eigenvalue weighted by molar-refractivity contribution is 7.91. The van der Waals surface area contributed by atoms with Gasteiger partial charge in [-0.3, -0.25) is 9.69 Å². The summed E-state index contributed by atoms with van der Waals surface area (Å²) in [4.78, 5) is 15.1. The van der Waals surface area contributed by atoms with Gasteiger partial charge in [-0.05, 0) is 19.3 Å². The summed E-state index contributed by atoms with van der Waals surface area (Å²) in [7, 11) is -2.97. The van der Waals surface area contributed by atoms with Crippen LogP contribution in [0.4, 0.5) is 0 Å². The van der Waals surface area contributed by atoms with Crippen molar-refractivity contribution in [1.29, 1.82) is 0 Å². The van der Waals surface area contributed by atoms with Gasteiger partial charge in [0.1, 0.15) is 9.84 Å². The lowest BCUT2D eigenvalue weighted by molar-refractivity contribution is -0.134. The van der Waals surface area contributed by atoms with Crippen LogP contribution in [-0.4, -0.2) is 62.4 Å². The van der Waals surface area contributed by atoms with Crippen molar-refractivity contribution in [2.75, 3.05) is 37.8 Å². The van der Waals surface area contributed by atoms with Gasteiger partial charge in [-0.25, -0.2) is 8.42 Å². The lowest BCUT2D eigenvalue weighted by atomic mass is 9.87. The highest BCUT2D eigenvalue weighted by Crippen LogP contribution is 2.37. The highest BCUT2D eigenvalue weighted by Gasteiger charge is 2.45. The Bertz CT molecular complexity index is 448. The van der Waals surface area contributed by atoms with Crippen molar-refractivity contribution in [2.45, 2.75) is 51.0 Å². The molecule has 122 valence electrons. The Labute approximate surface area is 127 Å². The summed E-state index contributed by atoms with van der Waals surface area (Å²) < 4.78 is 28.5. The summed E-state index contributed by atoms with van der Waals surface area (Å²) >= 11 is 0. The number of ketones is 1. The third-order valence-corrected chi connectivity index (χ3v) is 6.66. The van der Waals surface area contributed by atoms with Crippen LogP contribution in [0.2, 0.25) is 0 Å². The molecular formula is C15H27NO4S. The topological polar surface area (TPSA) is 63.7 Å². The first-order valence-electron chi connectivity index (χ1n) is 8.07. The van der Waals surface area contributed by atoms with Crippen LogP contribution in [0.5, 0.6) is 0 Å². The third-order valence-electron chi connectivity index (χ3n) is 4.87. The first-order chi connectivity index (χ1) is 10.0. The molecule has 0 N–H and O–H groups in total. The lowest BCUT2D eigenvalue weighted by Gasteiger charge is -2.42. The number of nitrogens with zero attached hydrogens (tertiary/aromatic N) is 1. The van der Waals surface area contributed by atoms with Crippen LogP contribution in [0.3, 0.4) is 0 Å². The number of carbonyl (C=O) groups is 1. The molecule has 2 rings (SSSR count). The van der Waals surface area contributed by atoms with Crippen LogP contribution >= 0.6 is 0 Å². The van der Waals surface area contributed by atoms with Crippen LogP contribution in [0.1, 0.15) is 45.4 Å². The summed E-state index contributed by atoms with van der Waals surface area (Å²) in [6.45, 7) is 4.68. The summed E-state index contributed by atoms with van der Waals surface area (Å²) in [6, 6.07) is 0. The Kier molecular flexibility index (Phi) is 5.80. The van der Waals surface area contributed by atoms with E-state index in [4.69, 9.17) is 4.74 Å². The molecule has 0 radical (unpaired) electrons. The second kappa shape index (κ2) is 7.20. The quantitative estimate of drug-likeness (QED) is 0.710. The van der Waals surface area contributed by atoms with E-state index in [1.54, 1.807) is 6.92 Å². The number of sulfone groups is 1. The summed E-state index contributed by atoms with van der Waals surface area (Å²) in [6.07, 6.45) is 4.88. The first-order valence-corrected chi connectivity index (χ1v) is 9.89. The van der Waals surface area contributed by atoms with E-state index in [2.05, 4.69) is 4.90 Å². The van der Waals surface area contributed by atoms with Crippen LogP contribution in [0.25, 0.3) is 0 Å². The Morgan fingerprint density at radius 2 is 1.81 bits per heavy atom. The fraction of sp³-hybridized carbons (Fsp3) is 0.933. The van der Waals surface area contributed by atoms with E-state index in [1.807, 2.05) is 0 Å². The number of ether oxygens (including phenoxy) is 1. The summed E-state index contributed by atoms with van der Waals surface area (Å²) in [5.41, 5.74) is -0.334. The van der Waals surface area contributed by atoms with Gasteiger partial charge in [-0.1, -0.05) is 19.8 Å². The Morgan fingerprint density at radius 1 is 1.19 bits per heavy atom. The molecule has 0 aromatic heterocycles. The molecular weight excluding hydrogens is 290 g/mol. The molecule has 1 heterocycles. The number of hydrogen-bond acceptors (Lipinski definition) is 5. The van der Waals surface area contributed by atoms with E-state index in [0.29, 0.717) is 26.1 Å². The van der Waals surface area contributed by atoms with Crippen molar-refractivity contribution in [1.82, 2.24) is 4.90 Å². The molecule has 0 amide bonds. The minimum absolute atomic E-state index is 0.133. The summed E-state index contributed by atoms with van der Waals surface area (Å²) in [5.74, 6) is 0.540. The van der Waals surface area contributed by atoms with Crippen LogP contribution in [0, 0.1) is 0 Å². The van der Waals surface area contributed by atoms with Gasteiger partial charge in [0.05, 0.1) is 24.5 Å². The van der Waals surface area contributed by atoms with Crippen molar-refractivity contribution in [3.8, 4) is 0 Å². The SMILES string of the molecule is CCS(=O)(=O)CCCC(=O)C1(N2CCOCC2)CCCC1. The predicted octanol–water partition coefficient (Wildman–Crippen LogP) is 1.42. The molecule has 0 bridgehead atoms. The average molecular weight is 317 g/mol. The Morgan fingerprint density at radius 3 is 2.38 bits per heavy atom. The molecule has 1 saturated heterocycles. The zero-order valence-electron chi connectivity index (χ0n) is 13.0. The van der Waals surface area contributed by atoms with Crippen LogP contribution in [-0.2, 0) is 19.4 Å². The number of morpholine rings is 1. The van der Waals surface area contributed by atoms with Gasteiger partial charge < -0.3 is 4.74 Å². The minimum Gasteiger partial charge on any atom is -0.379 e. The molecule has 0 unspecified atom stereocenters. The van der Waals surface area contributed by atoms with E-state index >= 15 is 0 Å². The van der Waals surface area contributed by atoms with Gasteiger partial charge in [0.15, 0.2) is 5.78 Å². The van der Waals surface area contributed by atoms with Crippen LogP contribution in [0.15, 0.2) is 0 Å². The molecule has 0 spiro atoms. The molecule has 2 aliphatic rings. The number of rotatable bonds is 7. The van der Waals surface area contributed by atoms with E-state index < -0.39 is 9.84 Å². The normalized spacial score (nSPS) is 23.3. The number of hydrogen-bond donors (Lipinski definition) is 0. The van der Waals surface area contributed by atoms with Crippen molar-refractivity contribution in [3.63, 3.8) is 0 Å². The zero-order valence-corrected chi connectivity index (χ0v) is 13.8. The minimum atomic E-state index is -2.97. The zero-order chi connectivity index (χ0) is 15.3. The van der Waals surface area contributed by atoms with Gasteiger partial charge in [-0.2, -0.15) is 0 Å². The maximum Gasteiger partial charge on any atom is 0.153 e. The van der Waals surface area contributed by atoms with Gasteiger partial charge in [0.2, 0.25) is 0 Å². The maximum atomic E-state index is 12.8. The van der Waals surface area contributed by atoms with Gasteiger partial charge in [0, 0.05) is 25.3 Å². The predicted molar refractivity (Wildman–Crippen MR) is 82.2 cm³/mol. The molecule has 1 saturated carbocycles. The smallest absolute Gasteiger partial charge is 0.153 e. The molecule has 2 fully saturated rings. The molecule has 1 aliphatic heterocycles. The number of carbonyl (C=O) groups excluding carboxylic acids is 1. The molecule has 5 nitrogen and oxygen atoms in total. The van der Waals surface area contributed by atoms with E-state index in [9.17, 15) is 13.2 Å².